The van der Waals surface area contributed by atoms with Crippen molar-refractivity contribution in [1.82, 2.24) is 0 Å². The van der Waals surface area contributed by atoms with Crippen LogP contribution in [-0.2, 0) is 20.2 Å². The third kappa shape index (κ3) is 4.38. The van der Waals surface area contributed by atoms with Gasteiger partial charge in [0.2, 0.25) is 0 Å². The first-order valence-electron chi connectivity index (χ1n) is 8.00. The molecule has 3 aromatic rings. The van der Waals surface area contributed by atoms with Crippen LogP contribution in [0.25, 0.3) is 10.8 Å². The van der Waals surface area contributed by atoms with Crippen LogP contribution in [0.2, 0.25) is 0 Å². The van der Waals surface area contributed by atoms with E-state index in [9.17, 15) is 35.8 Å². The zero-order valence-corrected chi connectivity index (χ0v) is 16.5. The molecule has 0 radical (unpaired) electrons. The number of hydrogen-bond acceptors (Lipinski definition) is 6. The van der Waals surface area contributed by atoms with Crippen LogP contribution in [0.3, 0.4) is 0 Å². The highest BCUT2D eigenvalue weighted by Crippen LogP contribution is 2.36. The maximum absolute atomic E-state index is 12.5. The molecule has 1 amide bonds. The lowest BCUT2D eigenvalue weighted by atomic mass is 10.1. The molecule has 9 nitrogen and oxygen atoms in total. The lowest BCUT2D eigenvalue weighted by Crippen LogP contribution is -2.13. The summed E-state index contributed by atoms with van der Waals surface area (Å²) in [5.74, 6) is -1.26. The SMILES string of the molecule is Cc1ccc(C(=O)Nc2cc(S(=O)(=O)O)cc3cc(S(=O)(=O)O)cc(O)c23)cc1. The number of hydrogen-bond donors (Lipinski definition) is 4. The summed E-state index contributed by atoms with van der Waals surface area (Å²) in [6, 6.07) is 9.95. The highest BCUT2D eigenvalue weighted by molar-refractivity contribution is 7.86. The zero-order valence-electron chi connectivity index (χ0n) is 14.8. The molecule has 4 N–H and O–H groups in total. The molecule has 0 unspecified atom stereocenters. The number of fused-ring (bicyclic) bond motifs is 1. The highest BCUT2D eigenvalue weighted by Gasteiger charge is 2.20. The Kier molecular flexibility index (Phi) is 5.09. The van der Waals surface area contributed by atoms with Gasteiger partial charge in [0.25, 0.3) is 26.1 Å². The van der Waals surface area contributed by atoms with Crippen LogP contribution in [0.15, 0.2) is 58.3 Å². The Balaban J connectivity index is 2.24. The number of anilines is 1. The molecule has 0 fully saturated rings. The van der Waals surface area contributed by atoms with Crippen molar-refractivity contribution in [2.45, 2.75) is 16.7 Å². The van der Waals surface area contributed by atoms with Gasteiger partial charge in [-0.15, -0.1) is 0 Å². The molecule has 0 spiro atoms. The van der Waals surface area contributed by atoms with Gasteiger partial charge in [0, 0.05) is 17.0 Å². The number of aromatic hydroxyl groups is 1. The van der Waals surface area contributed by atoms with E-state index in [0.29, 0.717) is 0 Å². The van der Waals surface area contributed by atoms with Gasteiger partial charge in [-0.3, -0.25) is 13.9 Å². The molecule has 3 rings (SSSR count). The Bertz CT molecular complexity index is 1340. The van der Waals surface area contributed by atoms with E-state index in [0.717, 1.165) is 29.8 Å². The second kappa shape index (κ2) is 7.12. The van der Waals surface area contributed by atoms with Gasteiger partial charge < -0.3 is 10.4 Å². The Morgan fingerprint density at radius 2 is 1.38 bits per heavy atom. The first-order valence-corrected chi connectivity index (χ1v) is 10.9. The number of rotatable bonds is 4. The second-order valence-electron chi connectivity index (χ2n) is 6.28. The minimum Gasteiger partial charge on any atom is -0.507 e. The molecule has 0 atom stereocenters. The largest absolute Gasteiger partial charge is 0.507 e. The molecule has 0 bridgehead atoms. The van der Waals surface area contributed by atoms with Gasteiger partial charge in [-0.25, -0.2) is 0 Å². The fraction of sp³-hybridized carbons (Fsp3) is 0.0556. The molecule has 0 aliphatic carbocycles. The van der Waals surface area contributed by atoms with Gasteiger partial charge in [-0.05, 0) is 42.6 Å². The number of benzene rings is 3. The van der Waals surface area contributed by atoms with Crippen molar-refractivity contribution in [3.05, 3.63) is 59.7 Å². The summed E-state index contributed by atoms with van der Waals surface area (Å²) < 4.78 is 64.6. The Hall–Kier alpha value is -2.99. The fourth-order valence-corrected chi connectivity index (χ4v) is 3.81. The van der Waals surface area contributed by atoms with E-state index in [1.807, 2.05) is 6.92 Å². The summed E-state index contributed by atoms with van der Waals surface area (Å²) in [4.78, 5) is 11.2. The van der Waals surface area contributed by atoms with Crippen LogP contribution in [0.4, 0.5) is 5.69 Å². The molecular weight excluding hydrogens is 422 g/mol. The van der Waals surface area contributed by atoms with Crippen LogP contribution in [0.1, 0.15) is 15.9 Å². The summed E-state index contributed by atoms with van der Waals surface area (Å²) in [5, 5.41) is 12.5. The molecule has 152 valence electrons. The van der Waals surface area contributed by atoms with Crippen molar-refractivity contribution in [3.8, 4) is 5.75 Å². The summed E-state index contributed by atoms with van der Waals surface area (Å²) >= 11 is 0. The van der Waals surface area contributed by atoms with Crippen LogP contribution in [0, 0.1) is 6.92 Å². The molecule has 0 aliphatic rings. The lowest BCUT2D eigenvalue weighted by Gasteiger charge is -2.13. The molecule has 29 heavy (non-hydrogen) atoms. The fourth-order valence-electron chi connectivity index (χ4n) is 2.73. The first-order chi connectivity index (χ1) is 13.4. The average molecular weight is 437 g/mol. The number of amides is 1. The number of phenolic OH excluding ortho intramolecular Hbond substituents is 1. The molecule has 3 aromatic carbocycles. The van der Waals surface area contributed by atoms with Gasteiger partial charge in [0.05, 0.1) is 15.5 Å². The molecule has 0 heterocycles. The predicted octanol–water partition coefficient (Wildman–Crippen LogP) is 2.60. The number of nitrogens with one attached hydrogen (secondary N) is 1. The number of carbonyl (C=O) groups is 1. The normalized spacial score (nSPS) is 12.1. The van der Waals surface area contributed by atoms with E-state index in [1.165, 1.54) is 12.1 Å². The van der Waals surface area contributed by atoms with E-state index in [1.54, 1.807) is 12.1 Å². The van der Waals surface area contributed by atoms with Crippen LogP contribution in [-0.4, -0.2) is 37.0 Å². The molecule has 0 aliphatic heterocycles. The third-order valence-corrected chi connectivity index (χ3v) is 5.80. The molecule has 11 heteroatoms. The maximum atomic E-state index is 12.5. The Morgan fingerprint density at radius 1 is 0.862 bits per heavy atom. The molecule has 0 saturated carbocycles. The summed E-state index contributed by atoms with van der Waals surface area (Å²) in [6.45, 7) is 1.83. The van der Waals surface area contributed by atoms with Gasteiger partial charge >= 0.3 is 0 Å². The third-order valence-electron chi connectivity index (χ3n) is 4.13. The summed E-state index contributed by atoms with van der Waals surface area (Å²) in [5.41, 5.74) is 0.978. The van der Waals surface area contributed by atoms with Crippen LogP contribution >= 0.6 is 0 Å². The zero-order chi connectivity index (χ0) is 21.6. The predicted molar refractivity (Wildman–Crippen MR) is 104 cm³/mol. The van der Waals surface area contributed by atoms with Gasteiger partial charge in [0.1, 0.15) is 5.75 Å². The van der Waals surface area contributed by atoms with Crippen molar-refractivity contribution in [2.24, 2.45) is 0 Å². The van der Waals surface area contributed by atoms with Gasteiger partial charge in [-0.2, -0.15) is 16.8 Å². The summed E-state index contributed by atoms with van der Waals surface area (Å²) in [7, 11) is -9.44. The van der Waals surface area contributed by atoms with E-state index >= 15 is 0 Å². The van der Waals surface area contributed by atoms with Crippen molar-refractivity contribution < 1.29 is 35.8 Å². The lowest BCUT2D eigenvalue weighted by molar-refractivity contribution is 0.102. The van der Waals surface area contributed by atoms with E-state index in [2.05, 4.69) is 5.32 Å². The van der Waals surface area contributed by atoms with E-state index < -0.39 is 41.7 Å². The number of phenols is 1. The van der Waals surface area contributed by atoms with Gasteiger partial charge in [-0.1, -0.05) is 17.7 Å². The highest BCUT2D eigenvalue weighted by atomic mass is 32.2. The standard InChI is InChI=1S/C18H15NO8S2/c1-10-2-4-11(5-3-10)18(21)19-15-8-13(28(22,23)24)6-12-7-14(29(25,26)27)9-16(20)17(12)15/h2-9,20H,1H3,(H,19,21)(H,22,23,24)(H,25,26,27). The Labute approximate surface area is 166 Å². The molecule has 0 aromatic heterocycles. The monoisotopic (exact) mass is 437 g/mol. The summed E-state index contributed by atoms with van der Waals surface area (Å²) in [6.07, 6.45) is 0. The Morgan fingerprint density at radius 3 is 1.90 bits per heavy atom. The van der Waals surface area contributed by atoms with Crippen molar-refractivity contribution in [2.75, 3.05) is 5.32 Å². The second-order valence-corrected chi connectivity index (χ2v) is 9.12. The van der Waals surface area contributed by atoms with E-state index in [4.69, 9.17) is 0 Å². The van der Waals surface area contributed by atoms with Crippen LogP contribution < -0.4 is 5.32 Å². The first kappa shape index (κ1) is 20.7. The van der Waals surface area contributed by atoms with Crippen LogP contribution in [0.5, 0.6) is 5.75 Å². The molecular formula is C18H15NO8S2. The average Bonchev–Trinajstić information content (AvgIpc) is 2.60. The van der Waals surface area contributed by atoms with Crippen molar-refractivity contribution in [1.29, 1.82) is 0 Å². The number of carbonyl (C=O) groups excluding carboxylic acids is 1. The van der Waals surface area contributed by atoms with Crippen molar-refractivity contribution in [3.63, 3.8) is 0 Å². The smallest absolute Gasteiger partial charge is 0.294 e. The number of aryl methyl sites for hydroxylation is 1. The quantitative estimate of drug-likeness (QED) is 0.453. The minimum atomic E-state index is -4.73. The van der Waals surface area contributed by atoms with Gasteiger partial charge in [0.15, 0.2) is 0 Å². The maximum Gasteiger partial charge on any atom is 0.294 e. The van der Waals surface area contributed by atoms with E-state index in [-0.39, 0.29) is 22.0 Å². The topological polar surface area (TPSA) is 158 Å². The minimum absolute atomic E-state index is 0.0785. The molecule has 0 saturated heterocycles. The van der Waals surface area contributed by atoms with Crippen molar-refractivity contribution >= 4 is 42.6 Å².